The van der Waals surface area contributed by atoms with Crippen LogP contribution in [-0.4, -0.2) is 67.3 Å². The first kappa shape index (κ1) is 14.7. The van der Waals surface area contributed by atoms with E-state index in [0.29, 0.717) is 6.61 Å². The predicted octanol–water partition coefficient (Wildman–Crippen LogP) is 1.15. The molecule has 5 nitrogen and oxygen atoms in total. The minimum Gasteiger partial charge on any atom is -0.492 e. The number of carboxylic acids is 1. The van der Waals surface area contributed by atoms with Crippen molar-refractivity contribution in [2.75, 3.05) is 46.4 Å². The zero-order valence-corrected chi connectivity index (χ0v) is 11.5. The van der Waals surface area contributed by atoms with Crippen LogP contribution in [0.5, 0.6) is 5.75 Å². The molecule has 0 radical (unpaired) electrons. The normalized spacial score (nSPS) is 17.1. The number of ether oxygens (including phenoxy) is 1. The average molecular weight is 282 g/mol. The van der Waals surface area contributed by atoms with Crippen molar-refractivity contribution in [3.8, 4) is 5.75 Å². The number of hydrogen-bond donors (Lipinski definition) is 1. The molecule has 0 aromatic heterocycles. The van der Waals surface area contributed by atoms with Gasteiger partial charge in [0.1, 0.15) is 18.2 Å². The van der Waals surface area contributed by atoms with Crippen molar-refractivity contribution < 1.29 is 19.0 Å². The van der Waals surface area contributed by atoms with Crippen molar-refractivity contribution in [2.45, 2.75) is 0 Å². The van der Waals surface area contributed by atoms with Gasteiger partial charge in [0.25, 0.3) is 0 Å². The van der Waals surface area contributed by atoms with E-state index in [1.165, 1.54) is 12.1 Å². The highest BCUT2D eigenvalue weighted by atomic mass is 19.1. The van der Waals surface area contributed by atoms with Gasteiger partial charge in [-0.1, -0.05) is 0 Å². The number of benzene rings is 1. The van der Waals surface area contributed by atoms with Crippen LogP contribution < -0.4 is 4.74 Å². The molecule has 1 N–H and O–H groups in total. The SMILES string of the molecule is CN1CCN(CCOc2cc(F)cc(C(=O)O)c2)CC1. The third-order valence-corrected chi connectivity index (χ3v) is 3.39. The Labute approximate surface area is 117 Å². The van der Waals surface area contributed by atoms with Crippen molar-refractivity contribution in [3.63, 3.8) is 0 Å². The summed E-state index contributed by atoms with van der Waals surface area (Å²) in [5.74, 6) is -1.50. The van der Waals surface area contributed by atoms with Crippen LogP contribution in [0.1, 0.15) is 10.4 Å². The second-order valence-corrected chi connectivity index (χ2v) is 4.97. The zero-order valence-electron chi connectivity index (χ0n) is 11.5. The van der Waals surface area contributed by atoms with E-state index in [1.54, 1.807) is 0 Å². The average Bonchev–Trinajstić information content (AvgIpc) is 2.40. The lowest BCUT2D eigenvalue weighted by Crippen LogP contribution is -2.45. The highest BCUT2D eigenvalue weighted by Gasteiger charge is 2.13. The molecule has 1 aromatic carbocycles. The Bertz CT molecular complexity index is 473. The van der Waals surface area contributed by atoms with Crippen molar-refractivity contribution in [2.24, 2.45) is 0 Å². The lowest BCUT2D eigenvalue weighted by Gasteiger charge is -2.32. The van der Waals surface area contributed by atoms with E-state index in [2.05, 4.69) is 16.8 Å². The standard InChI is InChI=1S/C14H19FN2O3/c1-16-2-4-17(5-3-16)6-7-20-13-9-11(14(18)19)8-12(15)10-13/h8-10H,2-7H2,1H3,(H,18,19). The topological polar surface area (TPSA) is 53.0 Å². The Hall–Kier alpha value is -1.66. The summed E-state index contributed by atoms with van der Waals surface area (Å²) >= 11 is 0. The largest absolute Gasteiger partial charge is 0.492 e. The van der Waals surface area contributed by atoms with Crippen molar-refractivity contribution >= 4 is 5.97 Å². The van der Waals surface area contributed by atoms with Gasteiger partial charge in [0.2, 0.25) is 0 Å². The number of likely N-dealkylation sites (N-methyl/N-ethyl adjacent to an activating group) is 1. The molecule has 0 amide bonds. The van der Waals surface area contributed by atoms with E-state index >= 15 is 0 Å². The van der Waals surface area contributed by atoms with E-state index in [0.717, 1.165) is 38.8 Å². The third kappa shape index (κ3) is 4.18. The molecule has 0 saturated carbocycles. The lowest BCUT2D eigenvalue weighted by atomic mass is 10.2. The summed E-state index contributed by atoms with van der Waals surface area (Å²) < 4.78 is 18.7. The molecule has 0 bridgehead atoms. The summed E-state index contributed by atoms with van der Waals surface area (Å²) in [6.07, 6.45) is 0. The number of carbonyl (C=O) groups is 1. The van der Waals surface area contributed by atoms with Crippen molar-refractivity contribution in [3.05, 3.63) is 29.6 Å². The molecule has 20 heavy (non-hydrogen) atoms. The lowest BCUT2D eigenvalue weighted by molar-refractivity contribution is 0.0695. The summed E-state index contributed by atoms with van der Waals surface area (Å²) in [6, 6.07) is 3.53. The molecule has 1 aromatic rings. The monoisotopic (exact) mass is 282 g/mol. The fourth-order valence-corrected chi connectivity index (χ4v) is 2.13. The van der Waals surface area contributed by atoms with Crippen molar-refractivity contribution in [1.29, 1.82) is 0 Å². The number of carboxylic acid groups (broad SMARTS) is 1. The summed E-state index contributed by atoms with van der Waals surface area (Å²) in [4.78, 5) is 15.4. The van der Waals surface area contributed by atoms with E-state index in [4.69, 9.17) is 9.84 Å². The van der Waals surface area contributed by atoms with Gasteiger partial charge in [0.05, 0.1) is 5.56 Å². The maximum atomic E-state index is 13.3. The van der Waals surface area contributed by atoms with Gasteiger partial charge in [-0.3, -0.25) is 4.90 Å². The van der Waals surface area contributed by atoms with Gasteiger partial charge in [0, 0.05) is 38.8 Å². The van der Waals surface area contributed by atoms with E-state index in [-0.39, 0.29) is 11.3 Å². The van der Waals surface area contributed by atoms with Crippen LogP contribution in [0.25, 0.3) is 0 Å². The predicted molar refractivity (Wildman–Crippen MR) is 72.8 cm³/mol. The van der Waals surface area contributed by atoms with Crippen LogP contribution in [0.3, 0.4) is 0 Å². The second-order valence-electron chi connectivity index (χ2n) is 4.97. The Kier molecular flexibility index (Phi) is 4.92. The van der Waals surface area contributed by atoms with E-state index in [9.17, 15) is 9.18 Å². The molecule has 0 unspecified atom stereocenters. The highest BCUT2D eigenvalue weighted by Crippen LogP contribution is 2.16. The third-order valence-electron chi connectivity index (χ3n) is 3.39. The van der Waals surface area contributed by atoms with Gasteiger partial charge in [-0.2, -0.15) is 0 Å². The van der Waals surface area contributed by atoms with Gasteiger partial charge in [0.15, 0.2) is 0 Å². The smallest absolute Gasteiger partial charge is 0.335 e. The minimum atomic E-state index is -1.16. The zero-order chi connectivity index (χ0) is 14.5. The first-order valence-corrected chi connectivity index (χ1v) is 6.62. The molecule has 1 fully saturated rings. The minimum absolute atomic E-state index is 0.0976. The van der Waals surface area contributed by atoms with E-state index < -0.39 is 11.8 Å². The van der Waals surface area contributed by atoms with Crippen LogP contribution in [0.2, 0.25) is 0 Å². The van der Waals surface area contributed by atoms with Gasteiger partial charge >= 0.3 is 5.97 Å². The molecule has 1 heterocycles. The van der Waals surface area contributed by atoms with Crippen LogP contribution in [0, 0.1) is 5.82 Å². The maximum Gasteiger partial charge on any atom is 0.335 e. The molecule has 2 rings (SSSR count). The van der Waals surface area contributed by atoms with Gasteiger partial charge in [-0.05, 0) is 19.2 Å². The van der Waals surface area contributed by atoms with Crippen molar-refractivity contribution in [1.82, 2.24) is 9.80 Å². The summed E-state index contributed by atoms with van der Waals surface area (Å²) in [7, 11) is 2.09. The van der Waals surface area contributed by atoms with Crippen LogP contribution in [-0.2, 0) is 0 Å². The highest BCUT2D eigenvalue weighted by molar-refractivity contribution is 5.88. The van der Waals surface area contributed by atoms with Gasteiger partial charge in [-0.15, -0.1) is 0 Å². The molecule has 1 aliphatic rings. The summed E-state index contributed by atoms with van der Waals surface area (Å²) in [5, 5.41) is 8.85. The second kappa shape index (κ2) is 6.67. The molecule has 0 atom stereocenters. The number of rotatable bonds is 5. The van der Waals surface area contributed by atoms with E-state index in [1.807, 2.05) is 0 Å². The molecule has 1 aliphatic heterocycles. The fraction of sp³-hybridized carbons (Fsp3) is 0.500. The number of halogens is 1. The summed E-state index contributed by atoms with van der Waals surface area (Å²) in [5.41, 5.74) is -0.0976. The Balaban J connectivity index is 1.83. The first-order chi connectivity index (χ1) is 9.54. The Morgan fingerprint density at radius 2 is 2.00 bits per heavy atom. The number of nitrogens with zero attached hydrogens (tertiary/aromatic N) is 2. The molecular formula is C14H19FN2O3. The number of piperazine rings is 1. The number of aromatic carboxylic acids is 1. The molecule has 1 saturated heterocycles. The maximum absolute atomic E-state index is 13.3. The molecule has 0 spiro atoms. The quantitative estimate of drug-likeness (QED) is 0.878. The molecule has 6 heteroatoms. The Morgan fingerprint density at radius 3 is 2.65 bits per heavy atom. The molecular weight excluding hydrogens is 263 g/mol. The fourth-order valence-electron chi connectivity index (χ4n) is 2.13. The first-order valence-electron chi connectivity index (χ1n) is 6.62. The van der Waals surface area contributed by atoms with Crippen LogP contribution in [0.15, 0.2) is 18.2 Å². The number of hydrogen-bond acceptors (Lipinski definition) is 4. The Morgan fingerprint density at radius 1 is 1.30 bits per heavy atom. The molecule has 0 aliphatic carbocycles. The van der Waals surface area contributed by atoms with Gasteiger partial charge in [-0.25, -0.2) is 9.18 Å². The van der Waals surface area contributed by atoms with Gasteiger partial charge < -0.3 is 14.7 Å². The summed E-state index contributed by atoms with van der Waals surface area (Å²) in [6.45, 7) is 5.22. The van der Waals surface area contributed by atoms with Crippen LogP contribution >= 0.6 is 0 Å². The molecule has 110 valence electrons. The van der Waals surface area contributed by atoms with Crippen LogP contribution in [0.4, 0.5) is 4.39 Å².